The molecule has 3 heteroatoms. The molecule has 2 aromatic rings. The molecule has 1 aliphatic carbocycles. The summed E-state index contributed by atoms with van der Waals surface area (Å²) in [4.78, 5) is 1.51. The quantitative estimate of drug-likeness (QED) is 0.843. The first kappa shape index (κ1) is 13.9. The molecule has 108 valence electrons. The van der Waals surface area contributed by atoms with E-state index >= 15 is 0 Å². The number of fused-ring (bicyclic) bond motifs is 1. The van der Waals surface area contributed by atoms with Crippen LogP contribution in [-0.4, -0.2) is 13.7 Å². The molecular weight excluding hydrogens is 266 g/mol. The summed E-state index contributed by atoms with van der Waals surface area (Å²) in [5.41, 5.74) is 1.58. The highest BCUT2D eigenvalue weighted by molar-refractivity contribution is 7.19. The molecule has 0 aliphatic heterocycles. The van der Waals surface area contributed by atoms with Crippen molar-refractivity contribution in [2.75, 3.05) is 13.7 Å². The monoisotopic (exact) mass is 289 g/mol. The van der Waals surface area contributed by atoms with Gasteiger partial charge < -0.3 is 10.1 Å². The molecule has 1 aromatic carbocycles. The van der Waals surface area contributed by atoms with Crippen LogP contribution < -0.4 is 10.1 Å². The number of methoxy groups -OCH3 is 1. The fourth-order valence-electron chi connectivity index (χ4n) is 2.75. The maximum Gasteiger partial charge on any atom is 0.136 e. The van der Waals surface area contributed by atoms with Crippen LogP contribution in [-0.2, 0) is 6.54 Å². The van der Waals surface area contributed by atoms with Crippen LogP contribution in [0.2, 0.25) is 0 Å². The van der Waals surface area contributed by atoms with Gasteiger partial charge in [0.15, 0.2) is 0 Å². The van der Waals surface area contributed by atoms with Crippen molar-refractivity contribution in [3.8, 4) is 5.75 Å². The minimum Gasteiger partial charge on any atom is -0.495 e. The van der Waals surface area contributed by atoms with Gasteiger partial charge in [-0.2, -0.15) is 0 Å². The second kappa shape index (κ2) is 5.74. The molecule has 2 nitrogen and oxygen atoms in total. The van der Waals surface area contributed by atoms with Crippen LogP contribution in [0.3, 0.4) is 0 Å². The summed E-state index contributed by atoms with van der Waals surface area (Å²) in [6.45, 7) is 6.58. The molecule has 20 heavy (non-hydrogen) atoms. The fourth-order valence-corrected chi connectivity index (χ4v) is 4.09. The van der Waals surface area contributed by atoms with E-state index in [1.165, 1.54) is 27.8 Å². The first-order chi connectivity index (χ1) is 9.70. The number of thiophene rings is 1. The van der Waals surface area contributed by atoms with Crippen LogP contribution in [0.25, 0.3) is 10.1 Å². The molecule has 0 atom stereocenters. The van der Waals surface area contributed by atoms with E-state index in [0.29, 0.717) is 5.92 Å². The highest BCUT2D eigenvalue weighted by Crippen LogP contribution is 2.49. The van der Waals surface area contributed by atoms with Gasteiger partial charge in [-0.25, -0.2) is 0 Å². The number of ether oxygens (including phenoxy) is 1. The summed E-state index contributed by atoms with van der Waals surface area (Å²) in [5.74, 6) is 2.50. The summed E-state index contributed by atoms with van der Waals surface area (Å²) in [6, 6.07) is 6.44. The number of hydrogen-bond acceptors (Lipinski definition) is 3. The summed E-state index contributed by atoms with van der Waals surface area (Å²) in [5, 5.41) is 5.01. The molecule has 1 aliphatic rings. The van der Waals surface area contributed by atoms with Crippen LogP contribution in [0.5, 0.6) is 5.75 Å². The lowest BCUT2D eigenvalue weighted by atomic mass is 10.1. The van der Waals surface area contributed by atoms with Crippen molar-refractivity contribution in [3.63, 3.8) is 0 Å². The van der Waals surface area contributed by atoms with Gasteiger partial charge in [0.2, 0.25) is 0 Å². The van der Waals surface area contributed by atoms with Gasteiger partial charge >= 0.3 is 0 Å². The number of hydrogen-bond donors (Lipinski definition) is 1. The van der Waals surface area contributed by atoms with E-state index in [4.69, 9.17) is 4.74 Å². The van der Waals surface area contributed by atoms with E-state index in [9.17, 15) is 0 Å². The Balaban J connectivity index is 1.95. The largest absolute Gasteiger partial charge is 0.495 e. The molecule has 1 heterocycles. The Kier molecular flexibility index (Phi) is 3.99. The standard InChI is InChI=1S/C17H23NOS/c1-11(2)9-18-10-15-16(12-7-8-12)13-5-4-6-14(19-3)17(13)20-15/h4-6,11-12,18H,7-10H2,1-3H3. The van der Waals surface area contributed by atoms with E-state index in [2.05, 4.69) is 37.4 Å². The zero-order valence-electron chi connectivity index (χ0n) is 12.5. The van der Waals surface area contributed by atoms with Crippen molar-refractivity contribution in [2.24, 2.45) is 5.92 Å². The van der Waals surface area contributed by atoms with Crippen LogP contribution in [0.4, 0.5) is 0 Å². The Bertz CT molecular complexity index is 598. The van der Waals surface area contributed by atoms with Crippen molar-refractivity contribution in [1.82, 2.24) is 5.32 Å². The number of rotatable bonds is 6. The molecule has 1 fully saturated rings. The molecule has 0 spiro atoms. The van der Waals surface area contributed by atoms with Crippen LogP contribution in [0.15, 0.2) is 18.2 Å². The SMILES string of the molecule is COc1cccc2c(C3CC3)c(CNCC(C)C)sc12. The Morgan fingerprint density at radius 3 is 2.80 bits per heavy atom. The second-order valence-electron chi connectivity index (χ2n) is 6.07. The van der Waals surface area contributed by atoms with Gasteiger partial charge in [-0.1, -0.05) is 26.0 Å². The topological polar surface area (TPSA) is 21.3 Å². The Hall–Kier alpha value is -1.06. The van der Waals surface area contributed by atoms with Crippen molar-refractivity contribution in [2.45, 2.75) is 39.2 Å². The normalized spacial score (nSPS) is 15.2. The summed E-state index contributed by atoms with van der Waals surface area (Å²) in [7, 11) is 1.77. The predicted octanol–water partition coefficient (Wildman–Crippen LogP) is 4.53. The highest BCUT2D eigenvalue weighted by atomic mass is 32.1. The minimum atomic E-state index is 0.697. The van der Waals surface area contributed by atoms with Crippen LogP contribution in [0, 0.1) is 5.92 Å². The molecule has 1 saturated carbocycles. The van der Waals surface area contributed by atoms with E-state index in [0.717, 1.165) is 24.8 Å². The third-order valence-corrected chi connectivity index (χ3v) is 5.07. The van der Waals surface area contributed by atoms with Gasteiger partial charge in [-0.15, -0.1) is 11.3 Å². The lowest BCUT2D eigenvalue weighted by Gasteiger charge is -2.07. The molecule has 0 radical (unpaired) electrons. The van der Waals surface area contributed by atoms with Crippen molar-refractivity contribution < 1.29 is 4.74 Å². The molecule has 1 aromatic heterocycles. The zero-order valence-corrected chi connectivity index (χ0v) is 13.3. The Morgan fingerprint density at radius 2 is 2.15 bits per heavy atom. The maximum atomic E-state index is 5.53. The van der Waals surface area contributed by atoms with Gasteiger partial charge in [0.05, 0.1) is 11.8 Å². The highest BCUT2D eigenvalue weighted by Gasteiger charge is 2.30. The Labute approximate surface area is 125 Å². The van der Waals surface area contributed by atoms with Crippen molar-refractivity contribution in [1.29, 1.82) is 0 Å². The van der Waals surface area contributed by atoms with Gasteiger partial charge in [0.1, 0.15) is 5.75 Å². The summed E-state index contributed by atoms with van der Waals surface area (Å²) in [6.07, 6.45) is 2.69. The van der Waals surface area contributed by atoms with E-state index in [1.54, 1.807) is 12.7 Å². The summed E-state index contributed by atoms with van der Waals surface area (Å²) < 4.78 is 6.85. The average Bonchev–Trinajstić information content (AvgIpc) is 3.19. The minimum absolute atomic E-state index is 0.697. The molecule has 3 rings (SSSR count). The summed E-state index contributed by atoms with van der Waals surface area (Å²) >= 11 is 1.91. The smallest absolute Gasteiger partial charge is 0.136 e. The lowest BCUT2D eigenvalue weighted by Crippen LogP contribution is -2.18. The second-order valence-corrected chi connectivity index (χ2v) is 7.18. The van der Waals surface area contributed by atoms with Crippen LogP contribution >= 0.6 is 11.3 Å². The molecule has 0 unspecified atom stereocenters. The number of nitrogens with one attached hydrogen (secondary N) is 1. The van der Waals surface area contributed by atoms with Crippen LogP contribution in [0.1, 0.15) is 43.0 Å². The van der Waals surface area contributed by atoms with Gasteiger partial charge in [0, 0.05) is 16.8 Å². The predicted molar refractivity (Wildman–Crippen MR) is 86.9 cm³/mol. The van der Waals surface area contributed by atoms with Gasteiger partial charge in [0.25, 0.3) is 0 Å². The van der Waals surface area contributed by atoms with E-state index in [-0.39, 0.29) is 0 Å². The van der Waals surface area contributed by atoms with Gasteiger partial charge in [-0.05, 0) is 42.9 Å². The van der Waals surface area contributed by atoms with E-state index in [1.807, 2.05) is 11.3 Å². The maximum absolute atomic E-state index is 5.53. The van der Waals surface area contributed by atoms with Crippen molar-refractivity contribution in [3.05, 3.63) is 28.6 Å². The molecule has 0 amide bonds. The average molecular weight is 289 g/mol. The number of benzene rings is 1. The first-order valence-electron chi connectivity index (χ1n) is 7.49. The zero-order chi connectivity index (χ0) is 14.1. The molecule has 0 bridgehead atoms. The molecule has 0 saturated heterocycles. The van der Waals surface area contributed by atoms with E-state index < -0.39 is 0 Å². The molecule has 1 N–H and O–H groups in total. The fraction of sp³-hybridized carbons (Fsp3) is 0.529. The van der Waals surface area contributed by atoms with Crippen molar-refractivity contribution >= 4 is 21.4 Å². The molecular formula is C17H23NOS. The lowest BCUT2D eigenvalue weighted by molar-refractivity contribution is 0.420. The first-order valence-corrected chi connectivity index (χ1v) is 8.31. The third kappa shape index (κ3) is 2.70. The van der Waals surface area contributed by atoms with Gasteiger partial charge in [-0.3, -0.25) is 0 Å². The third-order valence-electron chi connectivity index (χ3n) is 3.84. The Morgan fingerprint density at radius 1 is 1.35 bits per heavy atom.